The maximum Gasteiger partial charge on any atom is 0.261 e. The summed E-state index contributed by atoms with van der Waals surface area (Å²) in [6, 6.07) is 21.0. The second kappa shape index (κ2) is 14.6. The van der Waals surface area contributed by atoms with E-state index < -0.39 is 47.6 Å². The minimum Gasteiger partial charge on any atom is -0.477 e. The quantitative estimate of drug-likeness (QED) is 0.0965. The van der Waals surface area contributed by atoms with Crippen molar-refractivity contribution in [1.82, 2.24) is 29.5 Å². The van der Waals surface area contributed by atoms with E-state index in [0.29, 0.717) is 11.6 Å². The summed E-state index contributed by atoms with van der Waals surface area (Å²) >= 11 is 0. The number of nitrogens with zero attached hydrogens (tertiary/aromatic N) is 6. The van der Waals surface area contributed by atoms with Crippen molar-refractivity contribution in [3.05, 3.63) is 131 Å². The molecule has 258 valence electrons. The second-order valence-electron chi connectivity index (χ2n) is 13.2. The molecule has 0 radical (unpaired) electrons. The van der Waals surface area contributed by atoms with Gasteiger partial charge in [-0.15, -0.1) is 0 Å². The SMILES string of the molecule is CC(C)(C)[C@H](c1nc(-c2cc(F)ccc2F)nn1Cc1ccccc1)N(CC[C@@H](CF)N1C(=O)c2ccccc2C1=O)COc1cccnc1. The molecule has 0 spiro atoms. The van der Waals surface area contributed by atoms with Crippen LogP contribution in [0.3, 0.4) is 0 Å². The third kappa shape index (κ3) is 7.30. The number of halogens is 3. The molecule has 2 aromatic heterocycles. The van der Waals surface area contributed by atoms with Gasteiger partial charge in [0.25, 0.3) is 11.8 Å². The molecule has 2 atom stereocenters. The van der Waals surface area contributed by atoms with Gasteiger partial charge in [-0.2, -0.15) is 5.10 Å². The first kappa shape index (κ1) is 34.5. The number of carbonyl (C=O) groups excluding carboxylic acids is 2. The lowest BCUT2D eigenvalue weighted by Gasteiger charge is -2.40. The maximum absolute atomic E-state index is 15.1. The van der Waals surface area contributed by atoms with Crippen molar-refractivity contribution in [3.63, 3.8) is 0 Å². The highest BCUT2D eigenvalue weighted by Crippen LogP contribution is 2.39. The number of ether oxygens (including phenoxy) is 1. The number of benzene rings is 3. The van der Waals surface area contributed by atoms with Gasteiger partial charge in [-0.3, -0.25) is 24.4 Å². The van der Waals surface area contributed by atoms with Crippen LogP contribution in [0.1, 0.15) is 65.3 Å². The Morgan fingerprint density at radius 1 is 0.880 bits per heavy atom. The highest BCUT2D eigenvalue weighted by Gasteiger charge is 2.42. The predicted molar refractivity (Wildman–Crippen MR) is 181 cm³/mol. The van der Waals surface area contributed by atoms with Crippen LogP contribution in [-0.4, -0.2) is 67.4 Å². The fraction of sp³-hybridized carbons (Fsp3) is 0.289. The molecule has 1 aliphatic heterocycles. The number of aromatic nitrogens is 4. The van der Waals surface area contributed by atoms with E-state index in [9.17, 15) is 18.4 Å². The molecule has 12 heteroatoms. The van der Waals surface area contributed by atoms with Crippen LogP contribution < -0.4 is 4.74 Å². The molecule has 5 aromatic rings. The lowest BCUT2D eigenvalue weighted by molar-refractivity contribution is 0.0149. The van der Waals surface area contributed by atoms with Crippen LogP contribution >= 0.6 is 0 Å². The molecule has 2 amide bonds. The summed E-state index contributed by atoms with van der Waals surface area (Å²) in [5.74, 6) is -1.46. The van der Waals surface area contributed by atoms with Gasteiger partial charge in [0, 0.05) is 12.7 Å². The minimum atomic E-state index is -1.05. The highest BCUT2D eigenvalue weighted by atomic mass is 19.1. The smallest absolute Gasteiger partial charge is 0.261 e. The summed E-state index contributed by atoms with van der Waals surface area (Å²) in [4.78, 5) is 38.5. The van der Waals surface area contributed by atoms with E-state index in [1.165, 1.54) is 0 Å². The lowest BCUT2D eigenvalue weighted by Crippen LogP contribution is -2.46. The first-order valence-electron chi connectivity index (χ1n) is 16.3. The monoisotopic (exact) mass is 682 g/mol. The topological polar surface area (TPSA) is 93.5 Å². The van der Waals surface area contributed by atoms with Gasteiger partial charge in [0.15, 0.2) is 5.82 Å². The van der Waals surface area contributed by atoms with E-state index in [1.807, 2.05) is 56.0 Å². The van der Waals surface area contributed by atoms with E-state index >= 15 is 4.39 Å². The molecule has 0 bridgehead atoms. The lowest BCUT2D eigenvalue weighted by atomic mass is 9.84. The average Bonchev–Trinajstić information content (AvgIpc) is 3.62. The number of pyridine rings is 1. The van der Waals surface area contributed by atoms with Crippen LogP contribution in [0.4, 0.5) is 13.2 Å². The van der Waals surface area contributed by atoms with Crippen molar-refractivity contribution >= 4 is 11.8 Å². The van der Waals surface area contributed by atoms with Gasteiger partial charge >= 0.3 is 0 Å². The van der Waals surface area contributed by atoms with Gasteiger partial charge < -0.3 is 4.74 Å². The van der Waals surface area contributed by atoms with Crippen LogP contribution in [0.2, 0.25) is 0 Å². The van der Waals surface area contributed by atoms with Crippen molar-refractivity contribution in [2.24, 2.45) is 5.41 Å². The third-order valence-corrected chi connectivity index (χ3v) is 8.62. The number of amides is 2. The maximum atomic E-state index is 15.1. The van der Waals surface area contributed by atoms with Crippen LogP contribution in [-0.2, 0) is 6.54 Å². The number of carbonyl (C=O) groups is 2. The molecule has 1 aliphatic rings. The number of rotatable bonds is 13. The molecular weight excluding hydrogens is 645 g/mol. The molecule has 6 rings (SSSR count). The molecule has 0 saturated heterocycles. The molecule has 0 unspecified atom stereocenters. The van der Waals surface area contributed by atoms with Gasteiger partial charge in [0.05, 0.1) is 41.5 Å². The van der Waals surface area contributed by atoms with Crippen LogP contribution in [0.5, 0.6) is 5.75 Å². The first-order valence-corrected chi connectivity index (χ1v) is 16.3. The van der Waals surface area contributed by atoms with Crippen molar-refractivity contribution in [2.75, 3.05) is 20.0 Å². The zero-order valence-electron chi connectivity index (χ0n) is 28.0. The van der Waals surface area contributed by atoms with E-state index in [1.54, 1.807) is 53.5 Å². The second-order valence-corrected chi connectivity index (χ2v) is 13.2. The van der Waals surface area contributed by atoms with Gasteiger partial charge in [0.2, 0.25) is 0 Å². The van der Waals surface area contributed by atoms with Crippen molar-refractivity contribution in [2.45, 2.75) is 45.8 Å². The zero-order chi connectivity index (χ0) is 35.4. The number of imide groups is 1. The number of fused-ring (bicyclic) bond motifs is 1. The third-order valence-electron chi connectivity index (χ3n) is 8.62. The molecule has 0 aliphatic carbocycles. The molecule has 50 heavy (non-hydrogen) atoms. The van der Waals surface area contributed by atoms with Crippen LogP contribution in [0.15, 0.2) is 97.3 Å². The Labute approximate surface area is 288 Å². The van der Waals surface area contributed by atoms with Gasteiger partial charge in [-0.25, -0.2) is 22.8 Å². The van der Waals surface area contributed by atoms with E-state index in [0.717, 1.165) is 28.7 Å². The van der Waals surface area contributed by atoms with E-state index in [4.69, 9.17) is 14.8 Å². The van der Waals surface area contributed by atoms with Crippen molar-refractivity contribution in [1.29, 1.82) is 0 Å². The molecule has 0 saturated carbocycles. The highest BCUT2D eigenvalue weighted by molar-refractivity contribution is 6.21. The largest absolute Gasteiger partial charge is 0.477 e. The molecule has 0 N–H and O–H groups in total. The van der Waals surface area contributed by atoms with Gasteiger partial charge in [-0.1, -0.05) is 63.2 Å². The normalized spacial score (nSPS) is 14.3. The van der Waals surface area contributed by atoms with Gasteiger partial charge in [0.1, 0.15) is 36.6 Å². The van der Waals surface area contributed by atoms with E-state index in [2.05, 4.69) is 4.98 Å². The Kier molecular flexibility index (Phi) is 10.1. The standard InChI is InChI=1S/C38H37F3N6O3/c1-38(2,3)33(35-43-34(31-20-26(40)15-16-32(31)41)44-46(35)23-25-10-5-4-6-11-25)45(24-50-28-12-9-18-42-22-28)19-17-27(21-39)47-36(48)29-13-7-8-14-30(29)37(47)49/h4-16,18,20,22,27,33H,17,19,21,23-24H2,1-3H3/t27-,33-/m0/s1. The molecule has 0 fully saturated rings. The Hall–Kier alpha value is -5.36. The Morgan fingerprint density at radius 2 is 1.58 bits per heavy atom. The summed E-state index contributed by atoms with van der Waals surface area (Å²) < 4.78 is 52.1. The number of hydrogen-bond acceptors (Lipinski definition) is 7. The molecular formula is C38H37F3N6O3. The summed E-state index contributed by atoms with van der Waals surface area (Å²) in [5, 5.41) is 4.69. The van der Waals surface area contributed by atoms with Crippen molar-refractivity contribution in [3.8, 4) is 17.1 Å². The fourth-order valence-electron chi connectivity index (χ4n) is 6.30. The predicted octanol–water partition coefficient (Wildman–Crippen LogP) is 7.12. The molecule has 3 heterocycles. The summed E-state index contributed by atoms with van der Waals surface area (Å²) in [6.45, 7) is 5.45. The fourth-order valence-corrected chi connectivity index (χ4v) is 6.30. The van der Waals surface area contributed by atoms with E-state index in [-0.39, 0.29) is 48.8 Å². The molecule has 9 nitrogen and oxygen atoms in total. The van der Waals surface area contributed by atoms with Crippen molar-refractivity contribution < 1.29 is 27.5 Å². The van der Waals surface area contributed by atoms with Crippen LogP contribution in [0, 0.1) is 17.0 Å². The average molecular weight is 683 g/mol. The minimum absolute atomic E-state index is 0.00275. The summed E-state index contributed by atoms with van der Waals surface area (Å²) in [5.41, 5.74) is 0.710. The Morgan fingerprint density at radius 3 is 2.22 bits per heavy atom. The first-order chi connectivity index (χ1) is 24.0. The summed E-state index contributed by atoms with van der Waals surface area (Å²) in [7, 11) is 0. The Balaban J connectivity index is 1.40. The molecule has 3 aromatic carbocycles. The Bertz CT molecular complexity index is 1930. The van der Waals surface area contributed by atoms with Gasteiger partial charge in [-0.05, 0) is 59.9 Å². The number of hydrogen-bond donors (Lipinski definition) is 0. The zero-order valence-corrected chi connectivity index (χ0v) is 28.0. The summed E-state index contributed by atoms with van der Waals surface area (Å²) in [6.07, 6.45) is 3.26. The van der Waals surface area contributed by atoms with Crippen LogP contribution in [0.25, 0.3) is 11.4 Å². The number of alkyl halides is 1.